The van der Waals surface area contributed by atoms with E-state index >= 15 is 0 Å². The Balaban J connectivity index is 3.01. The van der Waals surface area contributed by atoms with Crippen molar-refractivity contribution < 1.29 is 24.9 Å². The van der Waals surface area contributed by atoms with E-state index in [0.717, 1.165) is 0 Å². The van der Waals surface area contributed by atoms with Crippen LogP contribution in [0.3, 0.4) is 0 Å². The summed E-state index contributed by atoms with van der Waals surface area (Å²) in [4.78, 5) is 22.8. The highest BCUT2D eigenvalue weighted by Gasteiger charge is 2.26. The third kappa shape index (κ3) is 3.46. The third-order valence-electron chi connectivity index (χ3n) is 2.25. The molecule has 1 atom stereocenters. The second-order valence-electron chi connectivity index (χ2n) is 3.64. The molecule has 0 bridgehead atoms. The number of hydrogen-bond acceptors (Lipinski definition) is 4. The summed E-state index contributed by atoms with van der Waals surface area (Å²) in [6.45, 7) is -0.396. The van der Waals surface area contributed by atoms with Crippen molar-refractivity contribution in [3.05, 3.63) is 29.8 Å². The third-order valence-corrected chi connectivity index (χ3v) is 2.25. The maximum Gasteiger partial charge on any atom is 0.325 e. The molecule has 0 saturated carbocycles. The highest BCUT2D eigenvalue weighted by molar-refractivity contribution is 5.77. The Kier molecular flexibility index (Phi) is 4.06. The number of carbonyl (C=O) groups is 2. The van der Waals surface area contributed by atoms with E-state index in [1.165, 1.54) is 36.2 Å². The zero-order chi connectivity index (χ0) is 13.0. The fraction of sp³-hybridized carbons (Fsp3) is 0.273. The van der Waals surface area contributed by atoms with Crippen molar-refractivity contribution in [3.63, 3.8) is 0 Å². The van der Waals surface area contributed by atoms with Crippen LogP contribution in [-0.4, -0.2) is 45.8 Å². The lowest BCUT2D eigenvalue weighted by atomic mass is 10.1. The molecule has 0 radical (unpaired) electrons. The van der Waals surface area contributed by atoms with Crippen molar-refractivity contribution in [1.29, 1.82) is 0 Å². The Labute approximate surface area is 97.7 Å². The first-order chi connectivity index (χ1) is 7.91. The van der Waals surface area contributed by atoms with Crippen LogP contribution in [0, 0.1) is 0 Å². The molecular weight excluding hydrogens is 226 g/mol. The number of aromatic hydroxyl groups is 1. The minimum atomic E-state index is -1.17. The summed E-state index contributed by atoms with van der Waals surface area (Å²) in [6, 6.07) is 4.65. The number of carboxylic acids is 2. The van der Waals surface area contributed by atoms with Gasteiger partial charge in [-0.25, -0.2) is 0 Å². The molecule has 92 valence electrons. The monoisotopic (exact) mass is 239 g/mol. The topological polar surface area (TPSA) is 98.1 Å². The van der Waals surface area contributed by atoms with E-state index in [9.17, 15) is 14.7 Å². The van der Waals surface area contributed by atoms with Gasteiger partial charge in [-0.05, 0) is 24.7 Å². The van der Waals surface area contributed by atoms with Gasteiger partial charge in [-0.15, -0.1) is 0 Å². The summed E-state index contributed by atoms with van der Waals surface area (Å²) in [5.74, 6) is -2.34. The zero-order valence-electron chi connectivity index (χ0n) is 9.20. The molecule has 6 heteroatoms. The molecule has 3 N–H and O–H groups in total. The zero-order valence-corrected chi connectivity index (χ0v) is 9.20. The normalized spacial score (nSPS) is 12.4. The Morgan fingerprint density at radius 1 is 1.35 bits per heavy atom. The Morgan fingerprint density at radius 2 is 2.00 bits per heavy atom. The van der Waals surface area contributed by atoms with Gasteiger partial charge in [-0.1, -0.05) is 12.1 Å². The number of carboxylic acid groups (broad SMARTS) is 2. The summed E-state index contributed by atoms with van der Waals surface area (Å²) >= 11 is 0. The molecule has 0 fully saturated rings. The van der Waals surface area contributed by atoms with Crippen molar-refractivity contribution in [2.75, 3.05) is 13.6 Å². The lowest BCUT2D eigenvalue weighted by Crippen LogP contribution is -2.34. The maximum atomic E-state index is 11.1. The van der Waals surface area contributed by atoms with Crippen molar-refractivity contribution in [2.24, 2.45) is 0 Å². The van der Waals surface area contributed by atoms with Gasteiger partial charge >= 0.3 is 11.9 Å². The predicted molar refractivity (Wildman–Crippen MR) is 58.7 cm³/mol. The van der Waals surface area contributed by atoms with Crippen LogP contribution in [0.1, 0.15) is 11.6 Å². The van der Waals surface area contributed by atoms with Crippen molar-refractivity contribution in [3.8, 4) is 5.75 Å². The minimum absolute atomic E-state index is 0.0579. The van der Waals surface area contributed by atoms with Gasteiger partial charge in [0.2, 0.25) is 0 Å². The van der Waals surface area contributed by atoms with E-state index in [4.69, 9.17) is 10.2 Å². The van der Waals surface area contributed by atoms with Gasteiger partial charge in [0.15, 0.2) is 0 Å². The van der Waals surface area contributed by atoms with Gasteiger partial charge < -0.3 is 15.3 Å². The number of benzene rings is 1. The predicted octanol–water partition coefficient (Wildman–Crippen LogP) is 0.534. The first-order valence-electron chi connectivity index (χ1n) is 4.85. The van der Waals surface area contributed by atoms with Crippen molar-refractivity contribution in [2.45, 2.75) is 6.04 Å². The largest absolute Gasteiger partial charge is 0.508 e. The summed E-state index contributed by atoms with van der Waals surface area (Å²) in [6.07, 6.45) is 0. The molecule has 1 rings (SSSR count). The maximum absolute atomic E-state index is 11.1. The summed E-state index contributed by atoms with van der Waals surface area (Å²) < 4.78 is 0. The van der Waals surface area contributed by atoms with Crippen LogP contribution in [0.2, 0.25) is 0 Å². The van der Waals surface area contributed by atoms with Crippen molar-refractivity contribution in [1.82, 2.24) is 4.90 Å². The Morgan fingerprint density at radius 3 is 2.47 bits per heavy atom. The summed E-state index contributed by atoms with van der Waals surface area (Å²) in [5.41, 5.74) is 0.334. The number of nitrogens with zero attached hydrogens (tertiary/aromatic N) is 1. The average Bonchev–Trinajstić information content (AvgIpc) is 2.15. The highest BCUT2D eigenvalue weighted by Crippen LogP contribution is 2.22. The molecule has 0 amide bonds. The van der Waals surface area contributed by atoms with E-state index in [2.05, 4.69) is 0 Å². The van der Waals surface area contributed by atoms with Crippen LogP contribution >= 0.6 is 0 Å². The molecule has 0 aliphatic heterocycles. The van der Waals surface area contributed by atoms with Crippen LogP contribution < -0.4 is 0 Å². The number of phenols is 1. The minimum Gasteiger partial charge on any atom is -0.508 e. The second kappa shape index (κ2) is 5.31. The van der Waals surface area contributed by atoms with Crippen LogP contribution in [0.5, 0.6) is 5.75 Å². The van der Waals surface area contributed by atoms with Gasteiger partial charge in [0.1, 0.15) is 11.8 Å². The molecular formula is C11H13NO5. The van der Waals surface area contributed by atoms with Gasteiger partial charge in [0, 0.05) is 0 Å². The number of aliphatic carboxylic acids is 2. The quantitative estimate of drug-likeness (QED) is 0.693. The summed E-state index contributed by atoms with van der Waals surface area (Å²) in [5, 5.41) is 27.0. The van der Waals surface area contributed by atoms with Crippen LogP contribution in [-0.2, 0) is 9.59 Å². The van der Waals surface area contributed by atoms with Gasteiger partial charge in [-0.2, -0.15) is 0 Å². The van der Waals surface area contributed by atoms with Gasteiger partial charge in [0.05, 0.1) is 6.54 Å². The molecule has 0 spiro atoms. The molecule has 0 aromatic heterocycles. The van der Waals surface area contributed by atoms with Gasteiger partial charge in [-0.3, -0.25) is 14.5 Å². The first-order valence-corrected chi connectivity index (χ1v) is 4.85. The summed E-state index contributed by atoms with van der Waals surface area (Å²) in [7, 11) is 1.40. The first kappa shape index (κ1) is 13.0. The fourth-order valence-electron chi connectivity index (χ4n) is 1.59. The average molecular weight is 239 g/mol. The number of rotatable bonds is 5. The van der Waals surface area contributed by atoms with Crippen molar-refractivity contribution >= 4 is 11.9 Å². The molecule has 0 heterocycles. The van der Waals surface area contributed by atoms with Gasteiger partial charge in [0.25, 0.3) is 0 Å². The number of phenolic OH excluding ortho intramolecular Hbond substituents is 1. The SMILES string of the molecule is CN(CC(=O)O)C(C(=O)O)c1cccc(O)c1. The lowest BCUT2D eigenvalue weighted by molar-refractivity contribution is -0.145. The fourth-order valence-corrected chi connectivity index (χ4v) is 1.59. The second-order valence-corrected chi connectivity index (χ2v) is 3.64. The molecule has 6 nitrogen and oxygen atoms in total. The molecule has 0 saturated heterocycles. The smallest absolute Gasteiger partial charge is 0.325 e. The lowest BCUT2D eigenvalue weighted by Gasteiger charge is -2.23. The Bertz CT molecular complexity index is 432. The van der Waals surface area contributed by atoms with E-state index in [1.807, 2.05) is 0 Å². The highest BCUT2D eigenvalue weighted by atomic mass is 16.4. The number of likely N-dealkylation sites (N-methyl/N-ethyl adjacent to an activating group) is 1. The molecule has 1 aromatic carbocycles. The molecule has 1 unspecified atom stereocenters. The molecule has 0 aliphatic carbocycles. The van der Waals surface area contributed by atoms with Crippen LogP contribution in [0.4, 0.5) is 0 Å². The Hall–Kier alpha value is -2.08. The standard InChI is InChI=1S/C11H13NO5/c1-12(6-9(14)15)10(11(16)17)7-3-2-4-8(13)5-7/h2-5,10,13H,6H2,1H3,(H,14,15)(H,16,17). The molecule has 1 aromatic rings. The van der Waals surface area contributed by atoms with Crippen LogP contribution in [0.25, 0.3) is 0 Å². The van der Waals surface area contributed by atoms with Crippen LogP contribution in [0.15, 0.2) is 24.3 Å². The molecule has 0 aliphatic rings. The van der Waals surface area contributed by atoms with E-state index < -0.39 is 24.5 Å². The van der Waals surface area contributed by atoms with E-state index in [-0.39, 0.29) is 5.75 Å². The van der Waals surface area contributed by atoms with E-state index in [0.29, 0.717) is 5.56 Å². The molecule has 17 heavy (non-hydrogen) atoms. The van der Waals surface area contributed by atoms with E-state index in [1.54, 1.807) is 0 Å². The number of hydrogen-bond donors (Lipinski definition) is 3.